The van der Waals surface area contributed by atoms with Gasteiger partial charge in [0.05, 0.1) is 11.9 Å². The topological polar surface area (TPSA) is 80.0 Å². The summed E-state index contributed by atoms with van der Waals surface area (Å²) in [6.45, 7) is 1.82. The van der Waals surface area contributed by atoms with E-state index in [2.05, 4.69) is 36.7 Å². The minimum absolute atomic E-state index is 0.210. The molecule has 0 aliphatic heterocycles. The quantitative estimate of drug-likeness (QED) is 0.719. The molecule has 3 aromatic rings. The second-order valence-corrected chi connectivity index (χ2v) is 5.76. The third kappa shape index (κ3) is 3.95. The fraction of sp³-hybridized carbons (Fsp3) is 0.0625. The smallest absolute Gasteiger partial charge is 0.256 e. The summed E-state index contributed by atoms with van der Waals surface area (Å²) in [7, 11) is 0. The van der Waals surface area contributed by atoms with Crippen LogP contribution in [-0.4, -0.2) is 16.0 Å². The van der Waals surface area contributed by atoms with Gasteiger partial charge in [0.1, 0.15) is 11.6 Å². The van der Waals surface area contributed by atoms with Gasteiger partial charge in [0.2, 0.25) is 0 Å². The first-order chi connectivity index (χ1) is 11.1. The average molecular weight is 373 g/mol. The van der Waals surface area contributed by atoms with Crippen LogP contribution in [0.25, 0.3) is 0 Å². The van der Waals surface area contributed by atoms with E-state index < -0.39 is 0 Å². The van der Waals surface area contributed by atoms with E-state index in [4.69, 9.17) is 4.52 Å². The second-order valence-electron chi connectivity index (χ2n) is 4.84. The lowest BCUT2D eigenvalue weighted by atomic mass is 10.2. The number of hydrogen-bond donors (Lipinski definition) is 2. The maximum absolute atomic E-state index is 12.1. The zero-order valence-electron chi connectivity index (χ0n) is 12.2. The number of amides is 1. The number of nitrogens with one attached hydrogen (secondary N) is 2. The zero-order chi connectivity index (χ0) is 16.2. The monoisotopic (exact) mass is 372 g/mol. The lowest BCUT2D eigenvalue weighted by Crippen LogP contribution is -2.12. The zero-order valence-corrected chi connectivity index (χ0v) is 13.8. The molecule has 2 N–H and O–H groups in total. The molecular formula is C16H13BrN4O2. The van der Waals surface area contributed by atoms with E-state index >= 15 is 0 Å². The largest absolute Gasteiger partial charge is 0.360 e. The van der Waals surface area contributed by atoms with Crippen LogP contribution >= 0.6 is 15.9 Å². The number of nitrogens with zero attached hydrogens (tertiary/aromatic N) is 2. The lowest BCUT2D eigenvalue weighted by molar-refractivity contribution is 0.102. The predicted octanol–water partition coefficient (Wildman–Crippen LogP) is 4.14. The molecule has 2 heterocycles. The first-order valence-electron chi connectivity index (χ1n) is 6.83. The molecule has 1 amide bonds. The van der Waals surface area contributed by atoms with Gasteiger partial charge in [-0.05, 0) is 43.3 Å². The van der Waals surface area contributed by atoms with Crippen LogP contribution in [0.15, 0.2) is 57.7 Å². The van der Waals surface area contributed by atoms with Crippen LogP contribution in [0, 0.1) is 6.92 Å². The van der Waals surface area contributed by atoms with Crippen LogP contribution in [0.4, 0.5) is 17.3 Å². The fourth-order valence-electron chi connectivity index (χ4n) is 1.90. The van der Waals surface area contributed by atoms with Crippen molar-refractivity contribution in [3.8, 4) is 0 Å². The number of benzene rings is 1. The van der Waals surface area contributed by atoms with E-state index in [0.29, 0.717) is 17.2 Å². The summed E-state index contributed by atoms with van der Waals surface area (Å²) in [5, 5.41) is 9.64. The maximum atomic E-state index is 12.1. The van der Waals surface area contributed by atoms with Gasteiger partial charge in [-0.25, -0.2) is 4.98 Å². The van der Waals surface area contributed by atoms with Crippen LogP contribution in [0.2, 0.25) is 0 Å². The van der Waals surface area contributed by atoms with Crippen LogP contribution < -0.4 is 10.6 Å². The van der Waals surface area contributed by atoms with E-state index in [0.717, 1.165) is 15.9 Å². The fourth-order valence-corrected chi connectivity index (χ4v) is 2.17. The Hall–Kier alpha value is -2.67. The molecule has 116 valence electrons. The SMILES string of the molecule is Cc1cc(Nc2ccc(NC(=O)c3ccc(Br)cc3)nc2)no1. The minimum atomic E-state index is -0.210. The molecule has 7 heteroatoms. The highest BCUT2D eigenvalue weighted by atomic mass is 79.9. The van der Waals surface area contributed by atoms with Crippen molar-refractivity contribution in [2.24, 2.45) is 0 Å². The van der Waals surface area contributed by atoms with Gasteiger partial charge < -0.3 is 15.2 Å². The summed E-state index contributed by atoms with van der Waals surface area (Å²) in [6, 6.07) is 12.4. The molecule has 0 bridgehead atoms. The van der Waals surface area contributed by atoms with Crippen molar-refractivity contribution in [3.05, 3.63) is 64.5 Å². The van der Waals surface area contributed by atoms with E-state index in [1.165, 1.54) is 0 Å². The lowest BCUT2D eigenvalue weighted by Gasteiger charge is -2.06. The molecule has 0 aliphatic carbocycles. The maximum Gasteiger partial charge on any atom is 0.256 e. The molecule has 3 rings (SSSR count). The summed E-state index contributed by atoms with van der Waals surface area (Å²) < 4.78 is 5.90. The molecule has 0 saturated carbocycles. The highest BCUT2D eigenvalue weighted by Crippen LogP contribution is 2.17. The average Bonchev–Trinajstić information content (AvgIpc) is 2.95. The number of pyridine rings is 1. The molecule has 23 heavy (non-hydrogen) atoms. The Bertz CT molecular complexity index is 813. The highest BCUT2D eigenvalue weighted by molar-refractivity contribution is 9.10. The van der Waals surface area contributed by atoms with Crippen molar-refractivity contribution in [1.82, 2.24) is 10.1 Å². The number of carbonyl (C=O) groups is 1. The van der Waals surface area contributed by atoms with Gasteiger partial charge in [-0.3, -0.25) is 4.79 Å². The Morgan fingerprint density at radius 1 is 1.13 bits per heavy atom. The Kier molecular flexibility index (Phi) is 4.38. The summed E-state index contributed by atoms with van der Waals surface area (Å²) >= 11 is 3.34. The molecule has 0 radical (unpaired) electrons. The predicted molar refractivity (Wildman–Crippen MR) is 90.9 cm³/mol. The van der Waals surface area contributed by atoms with Crippen molar-refractivity contribution in [2.45, 2.75) is 6.92 Å². The molecule has 6 nitrogen and oxygen atoms in total. The van der Waals surface area contributed by atoms with E-state index in [-0.39, 0.29) is 5.91 Å². The van der Waals surface area contributed by atoms with E-state index in [9.17, 15) is 4.79 Å². The number of anilines is 3. The second kappa shape index (κ2) is 6.62. The molecule has 0 fully saturated rings. The van der Waals surface area contributed by atoms with Crippen LogP contribution in [0.3, 0.4) is 0 Å². The molecule has 2 aromatic heterocycles. The van der Waals surface area contributed by atoms with Gasteiger partial charge >= 0.3 is 0 Å². The summed E-state index contributed by atoms with van der Waals surface area (Å²) in [5.41, 5.74) is 1.32. The van der Waals surface area contributed by atoms with Gasteiger partial charge in [-0.15, -0.1) is 0 Å². The molecule has 0 spiro atoms. The third-order valence-corrected chi connectivity index (χ3v) is 3.54. The van der Waals surface area contributed by atoms with Crippen molar-refractivity contribution < 1.29 is 9.32 Å². The van der Waals surface area contributed by atoms with E-state index in [1.807, 2.05) is 19.1 Å². The molecule has 0 unspecified atom stereocenters. The number of halogens is 1. The summed E-state index contributed by atoms with van der Waals surface area (Å²) in [4.78, 5) is 16.3. The van der Waals surface area contributed by atoms with Gasteiger partial charge in [0.25, 0.3) is 5.91 Å². The summed E-state index contributed by atoms with van der Waals surface area (Å²) in [6.07, 6.45) is 1.61. The molecule has 0 atom stereocenters. The van der Waals surface area contributed by atoms with Crippen molar-refractivity contribution in [3.63, 3.8) is 0 Å². The molecule has 0 saturated heterocycles. The minimum Gasteiger partial charge on any atom is -0.360 e. The van der Waals surface area contributed by atoms with Crippen LogP contribution in [0.5, 0.6) is 0 Å². The van der Waals surface area contributed by atoms with Crippen molar-refractivity contribution in [2.75, 3.05) is 10.6 Å². The Morgan fingerprint density at radius 2 is 1.91 bits per heavy atom. The normalized spacial score (nSPS) is 10.3. The molecule has 1 aromatic carbocycles. The van der Waals surface area contributed by atoms with Crippen LogP contribution in [-0.2, 0) is 0 Å². The van der Waals surface area contributed by atoms with Gasteiger partial charge in [0.15, 0.2) is 5.82 Å². The molecular weight excluding hydrogens is 360 g/mol. The number of carbonyl (C=O) groups excluding carboxylic acids is 1. The third-order valence-electron chi connectivity index (χ3n) is 3.01. The number of aromatic nitrogens is 2. The van der Waals surface area contributed by atoms with E-state index in [1.54, 1.807) is 36.5 Å². The number of aryl methyl sites for hydroxylation is 1. The number of rotatable bonds is 4. The number of hydrogen-bond acceptors (Lipinski definition) is 5. The van der Waals surface area contributed by atoms with Gasteiger partial charge in [0, 0.05) is 16.1 Å². The standard InChI is InChI=1S/C16H13BrN4O2/c1-10-8-15(21-23-10)19-13-6-7-14(18-9-13)20-16(22)11-2-4-12(17)5-3-11/h2-9H,1H3,(H,19,21)(H,18,20,22). The first-order valence-corrected chi connectivity index (χ1v) is 7.63. The Balaban J connectivity index is 1.65. The Morgan fingerprint density at radius 3 is 2.52 bits per heavy atom. The van der Waals surface area contributed by atoms with Crippen LogP contribution in [0.1, 0.15) is 16.1 Å². The highest BCUT2D eigenvalue weighted by Gasteiger charge is 2.07. The van der Waals surface area contributed by atoms with Crippen molar-refractivity contribution in [1.29, 1.82) is 0 Å². The van der Waals surface area contributed by atoms with Gasteiger partial charge in [-0.1, -0.05) is 21.1 Å². The van der Waals surface area contributed by atoms with Gasteiger partial charge in [-0.2, -0.15) is 0 Å². The van der Waals surface area contributed by atoms with Crippen molar-refractivity contribution >= 4 is 39.2 Å². The molecule has 0 aliphatic rings. The Labute approximate surface area is 141 Å². The summed E-state index contributed by atoms with van der Waals surface area (Å²) in [5.74, 6) is 1.59. The first kappa shape index (κ1) is 15.2.